The number of pyridine rings is 2. The minimum atomic E-state index is 0. The van der Waals surface area contributed by atoms with Crippen molar-refractivity contribution in [3.05, 3.63) is 182 Å². The normalized spacial score (nSPS) is 11.1. The maximum absolute atomic E-state index is 6.25. The first-order chi connectivity index (χ1) is 24.7. The van der Waals surface area contributed by atoms with Gasteiger partial charge in [0.1, 0.15) is 0 Å². The van der Waals surface area contributed by atoms with E-state index in [-0.39, 0.29) is 21.1 Å². The first-order valence-electron chi connectivity index (χ1n) is 16.7. The van der Waals surface area contributed by atoms with Gasteiger partial charge < -0.3 is 14.7 Å². The molecule has 1 aliphatic carbocycles. The zero-order valence-electron chi connectivity index (χ0n) is 27.7. The Labute approximate surface area is 312 Å². The number of rotatable bonds is 5. The van der Waals surface area contributed by atoms with E-state index < -0.39 is 0 Å². The molecule has 0 N–H and O–H groups in total. The minimum absolute atomic E-state index is 0. The summed E-state index contributed by atoms with van der Waals surface area (Å²) in [5.41, 5.74) is 16.6. The van der Waals surface area contributed by atoms with Gasteiger partial charge in [-0.15, -0.1) is 47.5 Å². The smallest absolute Gasteiger partial charge is 0.497 e. The number of fused-ring (bicyclic) bond motifs is 8. The van der Waals surface area contributed by atoms with E-state index in [4.69, 9.17) is 9.72 Å². The fourth-order valence-electron chi connectivity index (χ4n) is 6.96. The standard InChI is InChI=1S/C47H30N2O.Pt/c1-31-30-49-47(34-13-11-15-36(27-34)50-35-14-10-12-33(26-35)46-22-8-9-25-48-46)29-44(31)32-23-24-43-41-20-5-4-18-39(41)37-16-2-3-17-38(37)40-19-6-7-21-42(40)45(43)28-32;/h2-25,28-30H,1H3;/q-2;+2. The van der Waals surface area contributed by atoms with E-state index in [1.807, 2.05) is 60.8 Å². The van der Waals surface area contributed by atoms with Gasteiger partial charge in [-0.25, -0.2) is 0 Å². The van der Waals surface area contributed by atoms with Crippen molar-refractivity contribution < 1.29 is 25.8 Å². The fourth-order valence-corrected chi connectivity index (χ4v) is 6.96. The van der Waals surface area contributed by atoms with Crippen molar-refractivity contribution in [1.82, 2.24) is 9.97 Å². The predicted molar refractivity (Wildman–Crippen MR) is 203 cm³/mol. The Kier molecular flexibility index (Phi) is 8.74. The van der Waals surface area contributed by atoms with Crippen molar-refractivity contribution in [2.24, 2.45) is 0 Å². The van der Waals surface area contributed by atoms with Gasteiger partial charge in [0.25, 0.3) is 0 Å². The van der Waals surface area contributed by atoms with Gasteiger partial charge in [0.15, 0.2) is 0 Å². The Hall–Kier alpha value is -5.89. The Balaban J connectivity index is 0.00000374. The summed E-state index contributed by atoms with van der Waals surface area (Å²) in [4.78, 5) is 9.29. The third kappa shape index (κ3) is 6.11. The van der Waals surface area contributed by atoms with Crippen molar-refractivity contribution in [3.63, 3.8) is 0 Å². The van der Waals surface area contributed by atoms with Gasteiger partial charge in [0.05, 0.1) is 0 Å². The van der Waals surface area contributed by atoms with Crippen LogP contribution in [0.5, 0.6) is 11.5 Å². The van der Waals surface area contributed by atoms with Crippen LogP contribution in [0.1, 0.15) is 5.56 Å². The Morgan fingerprint density at radius 1 is 0.431 bits per heavy atom. The molecule has 0 saturated heterocycles. The second-order valence-electron chi connectivity index (χ2n) is 12.5. The molecule has 0 atom stereocenters. The Bertz CT molecular complexity index is 2540. The average Bonchev–Trinajstić information content (AvgIpc) is 3.18. The van der Waals surface area contributed by atoms with Gasteiger partial charge in [0, 0.05) is 23.9 Å². The molecule has 0 spiro atoms. The molecule has 3 nitrogen and oxygen atoms in total. The number of hydrogen-bond acceptors (Lipinski definition) is 3. The first kappa shape index (κ1) is 32.3. The molecule has 0 fully saturated rings. The molecule has 0 amide bonds. The third-order valence-electron chi connectivity index (χ3n) is 9.35. The van der Waals surface area contributed by atoms with E-state index in [1.54, 1.807) is 6.20 Å². The molecule has 0 saturated carbocycles. The number of ether oxygens (including phenoxy) is 1. The topological polar surface area (TPSA) is 35.0 Å². The number of nitrogens with zero attached hydrogens (tertiary/aromatic N) is 2. The molecule has 2 heterocycles. The second kappa shape index (κ2) is 13.8. The van der Waals surface area contributed by atoms with Crippen LogP contribution in [0.15, 0.2) is 164 Å². The third-order valence-corrected chi connectivity index (χ3v) is 9.35. The summed E-state index contributed by atoms with van der Waals surface area (Å²) in [6.07, 6.45) is 3.73. The van der Waals surface area contributed by atoms with E-state index in [0.29, 0.717) is 11.5 Å². The maximum atomic E-state index is 6.25. The summed E-state index contributed by atoms with van der Waals surface area (Å²) >= 11 is 0. The van der Waals surface area contributed by atoms with Gasteiger partial charge in [-0.05, 0) is 91.6 Å². The molecule has 2 aromatic heterocycles. The number of hydrogen-bond donors (Lipinski definition) is 0. The molecule has 0 radical (unpaired) electrons. The van der Waals surface area contributed by atoms with E-state index in [1.165, 1.54) is 44.5 Å². The largest absolute Gasteiger partial charge is 2.00 e. The summed E-state index contributed by atoms with van der Waals surface area (Å²) in [5, 5.41) is 0. The molecule has 0 bridgehead atoms. The Morgan fingerprint density at radius 2 is 0.941 bits per heavy atom. The molecule has 1 aliphatic rings. The molecule has 244 valence electrons. The van der Waals surface area contributed by atoms with E-state index >= 15 is 0 Å². The molecular weight excluding hydrogens is 804 g/mol. The molecular formula is C47H30N2OPt. The van der Waals surface area contributed by atoms with Crippen LogP contribution >= 0.6 is 0 Å². The quantitative estimate of drug-likeness (QED) is 0.162. The van der Waals surface area contributed by atoms with Gasteiger partial charge >= 0.3 is 21.1 Å². The van der Waals surface area contributed by atoms with Crippen LogP contribution in [0.4, 0.5) is 0 Å². The van der Waals surface area contributed by atoms with Crippen molar-refractivity contribution in [1.29, 1.82) is 0 Å². The summed E-state index contributed by atoms with van der Waals surface area (Å²) in [7, 11) is 0. The van der Waals surface area contributed by atoms with Gasteiger partial charge in [-0.1, -0.05) is 115 Å². The van der Waals surface area contributed by atoms with Gasteiger partial charge in [-0.3, -0.25) is 0 Å². The van der Waals surface area contributed by atoms with Crippen LogP contribution in [-0.2, 0) is 21.1 Å². The van der Waals surface area contributed by atoms with Crippen molar-refractivity contribution in [3.8, 4) is 89.6 Å². The zero-order valence-corrected chi connectivity index (χ0v) is 30.0. The number of aryl methyl sites for hydroxylation is 1. The SMILES string of the molecule is Cc1cnc(-c2[c-]c(Oc3[c-]c(-c4ccccn4)ccc3)ccc2)cc1-c1ccc2c(c1)-c1ccccc1-c1ccccc1-c1ccccc1-2.[Pt+2]. The Morgan fingerprint density at radius 3 is 1.49 bits per heavy atom. The average molecular weight is 834 g/mol. The van der Waals surface area contributed by atoms with Crippen molar-refractivity contribution >= 4 is 0 Å². The van der Waals surface area contributed by atoms with Crippen LogP contribution in [-0.4, -0.2) is 9.97 Å². The molecule has 51 heavy (non-hydrogen) atoms. The van der Waals surface area contributed by atoms with Crippen LogP contribution in [0.25, 0.3) is 78.1 Å². The van der Waals surface area contributed by atoms with Crippen LogP contribution in [0.3, 0.4) is 0 Å². The van der Waals surface area contributed by atoms with Gasteiger partial charge in [0.2, 0.25) is 0 Å². The van der Waals surface area contributed by atoms with E-state index in [9.17, 15) is 0 Å². The number of benzene rings is 6. The van der Waals surface area contributed by atoms with Gasteiger partial charge in [-0.2, -0.15) is 0 Å². The summed E-state index contributed by atoms with van der Waals surface area (Å²) in [6.45, 7) is 2.12. The van der Waals surface area contributed by atoms with E-state index in [2.05, 4.69) is 121 Å². The molecule has 9 rings (SSSR count). The van der Waals surface area contributed by atoms with E-state index in [0.717, 1.165) is 39.2 Å². The van der Waals surface area contributed by atoms with Crippen LogP contribution < -0.4 is 4.74 Å². The molecule has 4 heteroatoms. The van der Waals surface area contributed by atoms with Crippen molar-refractivity contribution in [2.45, 2.75) is 6.92 Å². The van der Waals surface area contributed by atoms with Crippen LogP contribution in [0.2, 0.25) is 0 Å². The summed E-state index contributed by atoms with van der Waals surface area (Å²) < 4.78 is 6.25. The molecule has 6 aromatic carbocycles. The summed E-state index contributed by atoms with van der Waals surface area (Å²) in [6, 6.07) is 59.6. The van der Waals surface area contributed by atoms with Crippen LogP contribution in [0, 0.1) is 19.1 Å². The predicted octanol–water partition coefficient (Wildman–Crippen LogP) is 12.2. The fraction of sp³-hybridized carbons (Fsp3) is 0.0213. The number of aromatic nitrogens is 2. The minimum Gasteiger partial charge on any atom is -0.497 e. The molecule has 0 aliphatic heterocycles. The maximum Gasteiger partial charge on any atom is 2.00 e. The summed E-state index contributed by atoms with van der Waals surface area (Å²) in [5.74, 6) is 1.20. The molecule has 0 unspecified atom stereocenters. The monoisotopic (exact) mass is 833 g/mol. The van der Waals surface area contributed by atoms with Crippen molar-refractivity contribution in [2.75, 3.05) is 0 Å². The second-order valence-corrected chi connectivity index (χ2v) is 12.5. The molecule has 8 aromatic rings. The zero-order chi connectivity index (χ0) is 33.4. The first-order valence-corrected chi connectivity index (χ1v) is 16.7.